The highest BCUT2D eigenvalue weighted by molar-refractivity contribution is 7.80. The summed E-state index contributed by atoms with van der Waals surface area (Å²) in [4.78, 5) is 2.23. The maximum atomic E-state index is 6.36. The van der Waals surface area contributed by atoms with Gasteiger partial charge in [0, 0.05) is 12.2 Å². The third kappa shape index (κ3) is 5.70. The summed E-state index contributed by atoms with van der Waals surface area (Å²) in [7, 11) is 3.33. The summed E-state index contributed by atoms with van der Waals surface area (Å²) >= 11 is 5.93. The Hall–Kier alpha value is -3.25. The zero-order valence-corrected chi connectivity index (χ0v) is 22.2. The van der Waals surface area contributed by atoms with E-state index in [9.17, 15) is 0 Å². The lowest BCUT2D eigenvalue weighted by molar-refractivity contribution is 0.190. The molecule has 1 aliphatic rings. The van der Waals surface area contributed by atoms with Crippen molar-refractivity contribution in [2.75, 3.05) is 32.7 Å². The van der Waals surface area contributed by atoms with Crippen molar-refractivity contribution in [2.24, 2.45) is 0 Å². The first-order valence-corrected chi connectivity index (χ1v) is 12.3. The monoisotopic (exact) mass is 490 g/mol. The van der Waals surface area contributed by atoms with Crippen molar-refractivity contribution < 1.29 is 14.2 Å². The summed E-state index contributed by atoms with van der Waals surface area (Å²) in [5, 5.41) is 4.15. The molecule has 0 aliphatic carbocycles. The molecule has 35 heavy (non-hydrogen) atoms. The lowest BCUT2D eigenvalue weighted by Gasteiger charge is -2.39. The van der Waals surface area contributed by atoms with Crippen LogP contribution in [0.2, 0.25) is 0 Å². The fourth-order valence-corrected chi connectivity index (χ4v) is 5.22. The Morgan fingerprint density at radius 2 is 1.43 bits per heavy atom. The van der Waals surface area contributed by atoms with Gasteiger partial charge in [-0.15, -0.1) is 0 Å². The van der Waals surface area contributed by atoms with Gasteiger partial charge in [-0.2, -0.15) is 0 Å². The number of thiocarbonyl (C=S) groups is 1. The third-order valence-electron chi connectivity index (χ3n) is 6.34. The van der Waals surface area contributed by atoms with Crippen molar-refractivity contribution >= 4 is 23.0 Å². The molecule has 0 spiro atoms. The Kier molecular flexibility index (Phi) is 7.51. The first-order valence-electron chi connectivity index (χ1n) is 11.9. The first kappa shape index (κ1) is 24.9. The molecule has 0 fully saturated rings. The highest BCUT2D eigenvalue weighted by Gasteiger charge is 2.31. The highest BCUT2D eigenvalue weighted by Crippen LogP contribution is 2.39. The molecule has 0 radical (unpaired) electrons. The minimum Gasteiger partial charge on any atom is -0.493 e. The number of anilines is 1. The minimum absolute atomic E-state index is 0.0784. The van der Waals surface area contributed by atoms with Crippen LogP contribution in [0.5, 0.6) is 17.2 Å². The molecule has 184 valence electrons. The van der Waals surface area contributed by atoms with E-state index in [4.69, 9.17) is 26.4 Å². The molecule has 6 heteroatoms. The predicted molar refractivity (Wildman–Crippen MR) is 146 cm³/mol. The minimum atomic E-state index is -0.0784. The number of hydrogen-bond acceptors (Lipinski definition) is 4. The van der Waals surface area contributed by atoms with Gasteiger partial charge in [0.25, 0.3) is 0 Å². The molecular formula is C29H34N2O3S. The Morgan fingerprint density at radius 1 is 0.857 bits per heavy atom. The van der Waals surface area contributed by atoms with E-state index in [0.29, 0.717) is 17.5 Å². The number of methoxy groups -OCH3 is 2. The summed E-state index contributed by atoms with van der Waals surface area (Å²) in [6, 6.07) is 16.7. The second-order valence-electron chi connectivity index (χ2n) is 9.31. The first-order chi connectivity index (χ1) is 16.8. The zero-order chi connectivity index (χ0) is 25.1. The number of aryl methyl sites for hydroxylation is 4. The Labute approximate surface area is 214 Å². The van der Waals surface area contributed by atoms with Crippen LogP contribution in [-0.2, 0) is 6.42 Å². The summed E-state index contributed by atoms with van der Waals surface area (Å²) < 4.78 is 17.6. The lowest BCUT2D eigenvalue weighted by atomic mass is 9.92. The van der Waals surface area contributed by atoms with Gasteiger partial charge in [0.05, 0.1) is 20.3 Å². The third-order valence-corrected chi connectivity index (χ3v) is 6.68. The van der Waals surface area contributed by atoms with E-state index in [1.54, 1.807) is 14.2 Å². The molecule has 1 N–H and O–H groups in total. The Morgan fingerprint density at radius 3 is 2.03 bits per heavy atom. The number of hydrogen-bond donors (Lipinski definition) is 1. The van der Waals surface area contributed by atoms with Gasteiger partial charge >= 0.3 is 0 Å². The van der Waals surface area contributed by atoms with Gasteiger partial charge in [0.1, 0.15) is 12.4 Å². The molecule has 3 aromatic rings. The fourth-order valence-electron chi connectivity index (χ4n) is 4.88. The van der Waals surface area contributed by atoms with Crippen molar-refractivity contribution in [1.82, 2.24) is 4.90 Å². The number of nitrogens with one attached hydrogen (secondary N) is 1. The van der Waals surface area contributed by atoms with Gasteiger partial charge in [-0.3, -0.25) is 0 Å². The molecule has 4 rings (SSSR count). The van der Waals surface area contributed by atoms with Crippen molar-refractivity contribution in [3.05, 3.63) is 81.9 Å². The average Bonchev–Trinajstić information content (AvgIpc) is 2.80. The van der Waals surface area contributed by atoms with Crippen LogP contribution in [0.4, 0.5) is 5.69 Å². The van der Waals surface area contributed by atoms with E-state index in [-0.39, 0.29) is 6.04 Å². The van der Waals surface area contributed by atoms with E-state index >= 15 is 0 Å². The summed E-state index contributed by atoms with van der Waals surface area (Å²) in [6.07, 6.45) is 0.852. The van der Waals surface area contributed by atoms with Gasteiger partial charge in [-0.1, -0.05) is 12.1 Å². The Balaban J connectivity index is 1.67. The molecule has 1 unspecified atom stereocenters. The van der Waals surface area contributed by atoms with Crippen LogP contribution in [0.25, 0.3) is 0 Å². The van der Waals surface area contributed by atoms with E-state index < -0.39 is 0 Å². The number of rotatable bonds is 6. The molecule has 0 saturated heterocycles. The number of fused-ring (bicyclic) bond motifs is 1. The van der Waals surface area contributed by atoms with E-state index in [1.807, 2.05) is 0 Å². The smallest absolute Gasteiger partial charge is 0.174 e. The van der Waals surface area contributed by atoms with Crippen LogP contribution in [0.3, 0.4) is 0 Å². The van der Waals surface area contributed by atoms with Crippen molar-refractivity contribution in [1.29, 1.82) is 0 Å². The second-order valence-corrected chi connectivity index (χ2v) is 9.69. The Bertz CT molecular complexity index is 1200. The molecule has 3 aromatic carbocycles. The number of nitrogens with zero attached hydrogens (tertiary/aromatic N) is 1. The van der Waals surface area contributed by atoms with Crippen molar-refractivity contribution in [3.63, 3.8) is 0 Å². The fraction of sp³-hybridized carbons (Fsp3) is 0.345. The second kappa shape index (κ2) is 10.6. The molecule has 0 bridgehead atoms. The topological polar surface area (TPSA) is 43.0 Å². The normalized spacial score (nSPS) is 14.8. The average molecular weight is 491 g/mol. The molecule has 0 aromatic heterocycles. The maximum Gasteiger partial charge on any atom is 0.174 e. The quantitative estimate of drug-likeness (QED) is 0.408. The lowest BCUT2D eigenvalue weighted by Crippen LogP contribution is -2.44. The summed E-state index contributed by atoms with van der Waals surface area (Å²) in [6.45, 7) is 9.60. The van der Waals surface area contributed by atoms with E-state index in [0.717, 1.165) is 35.7 Å². The van der Waals surface area contributed by atoms with Crippen LogP contribution in [0.15, 0.2) is 48.5 Å². The molecule has 0 amide bonds. The standard InChI is InChI=1S/C29H34N2O3S/c1-18-9-19(2)12-23(11-18)30-29(35)31-8-7-22-15-27(32-5)28(33-6)16-25(22)26(31)17-34-24-13-20(3)10-21(4)14-24/h9-16,26H,7-8,17H2,1-6H3,(H,30,35). The molecular weight excluding hydrogens is 456 g/mol. The number of ether oxygens (including phenoxy) is 3. The summed E-state index contributed by atoms with van der Waals surface area (Å²) in [5.74, 6) is 2.31. The van der Waals surface area contributed by atoms with Crippen molar-refractivity contribution in [2.45, 2.75) is 40.2 Å². The number of benzene rings is 3. The van der Waals surface area contributed by atoms with Gasteiger partial charge in [0.15, 0.2) is 16.6 Å². The highest BCUT2D eigenvalue weighted by atomic mass is 32.1. The molecule has 0 saturated carbocycles. The van der Waals surface area contributed by atoms with Crippen LogP contribution in [0, 0.1) is 27.7 Å². The summed E-state index contributed by atoms with van der Waals surface area (Å²) in [5.41, 5.74) is 8.12. The van der Waals surface area contributed by atoms with Gasteiger partial charge in [0.2, 0.25) is 0 Å². The maximum absolute atomic E-state index is 6.36. The molecule has 5 nitrogen and oxygen atoms in total. The molecule has 1 aliphatic heterocycles. The molecule has 1 atom stereocenters. The van der Waals surface area contributed by atoms with Crippen LogP contribution < -0.4 is 19.5 Å². The van der Waals surface area contributed by atoms with Crippen molar-refractivity contribution in [3.8, 4) is 17.2 Å². The largest absolute Gasteiger partial charge is 0.493 e. The van der Waals surface area contributed by atoms with Crippen LogP contribution in [0.1, 0.15) is 39.4 Å². The van der Waals surface area contributed by atoms with E-state index in [1.165, 1.54) is 27.8 Å². The van der Waals surface area contributed by atoms with Gasteiger partial charge in [-0.05, 0) is 116 Å². The predicted octanol–water partition coefficient (Wildman–Crippen LogP) is 6.31. The zero-order valence-electron chi connectivity index (χ0n) is 21.4. The van der Waals surface area contributed by atoms with Crippen LogP contribution >= 0.6 is 12.2 Å². The van der Waals surface area contributed by atoms with Gasteiger partial charge < -0.3 is 24.4 Å². The van der Waals surface area contributed by atoms with E-state index in [2.05, 4.69) is 86.4 Å². The SMILES string of the molecule is COc1cc2c(cc1OC)C(COc1cc(C)cc(C)c1)N(C(=S)Nc1cc(C)cc(C)c1)CC2. The van der Waals surface area contributed by atoms with Crippen LogP contribution in [-0.4, -0.2) is 37.4 Å². The van der Waals surface area contributed by atoms with Gasteiger partial charge in [-0.25, -0.2) is 0 Å². The molecule has 1 heterocycles.